The fourth-order valence-electron chi connectivity index (χ4n) is 5.98. The summed E-state index contributed by atoms with van der Waals surface area (Å²) in [6, 6.07) is 12.3. The van der Waals surface area contributed by atoms with Crippen LogP contribution in [-0.4, -0.2) is 53.8 Å². The number of nitrogens with one attached hydrogen (secondary N) is 1. The topological polar surface area (TPSA) is 103 Å². The zero-order valence-electron chi connectivity index (χ0n) is 18.6. The van der Waals surface area contributed by atoms with Gasteiger partial charge < -0.3 is 10.1 Å². The van der Waals surface area contributed by atoms with E-state index in [0.29, 0.717) is 26.1 Å². The number of carbonyl (C=O) groups excluding carboxylic acids is 2. The molecule has 170 valence electrons. The maximum absolute atomic E-state index is 12.5. The molecule has 9 heteroatoms. The van der Waals surface area contributed by atoms with Gasteiger partial charge in [0.2, 0.25) is 5.91 Å². The summed E-state index contributed by atoms with van der Waals surface area (Å²) in [6.45, 7) is 10.2. The van der Waals surface area contributed by atoms with Crippen molar-refractivity contribution in [3.63, 3.8) is 0 Å². The molecule has 1 aromatic carbocycles. The van der Waals surface area contributed by atoms with Gasteiger partial charge in [-0.05, 0) is 35.7 Å². The van der Waals surface area contributed by atoms with Crippen molar-refractivity contribution < 1.29 is 14.3 Å². The van der Waals surface area contributed by atoms with Gasteiger partial charge in [0, 0.05) is 30.5 Å². The standard InChI is InChI=1S/C25H22N6O3/c1-14(32)28-10-22-21-8-17-7-15(3-5-20(17)31(21)24(33)34-22)16-4-6-23(29-9-16)25(13-26)18-11-30(27-2)12-19(18)25/h3-7,9,18-19,21-22H,8,10-12H2,1H3,(H,28,32)/t18-,19+,21-,22-,25?/m0/s1. The van der Waals surface area contributed by atoms with Crippen LogP contribution in [0.15, 0.2) is 36.5 Å². The number of fused-ring (bicyclic) bond motifs is 4. The van der Waals surface area contributed by atoms with Crippen molar-refractivity contribution in [2.75, 3.05) is 24.5 Å². The van der Waals surface area contributed by atoms with Crippen molar-refractivity contribution in [3.05, 3.63) is 59.3 Å². The predicted octanol–water partition coefficient (Wildman–Crippen LogP) is 2.29. The van der Waals surface area contributed by atoms with Crippen LogP contribution in [0.1, 0.15) is 18.2 Å². The van der Waals surface area contributed by atoms with E-state index in [0.717, 1.165) is 28.1 Å². The lowest BCUT2D eigenvalue weighted by atomic mass is 9.95. The molecule has 1 aliphatic carbocycles. The molecule has 6 rings (SSSR count). The quantitative estimate of drug-likeness (QED) is 0.711. The third-order valence-electron chi connectivity index (χ3n) is 7.74. The van der Waals surface area contributed by atoms with Crippen LogP contribution in [0.25, 0.3) is 16.1 Å². The molecule has 1 unspecified atom stereocenters. The highest BCUT2D eigenvalue weighted by Crippen LogP contribution is 2.62. The van der Waals surface area contributed by atoms with E-state index in [1.807, 2.05) is 24.3 Å². The maximum atomic E-state index is 12.5. The van der Waals surface area contributed by atoms with Crippen molar-refractivity contribution in [2.45, 2.75) is 30.9 Å². The lowest BCUT2D eigenvalue weighted by Gasteiger charge is -2.16. The Morgan fingerprint density at radius 3 is 2.74 bits per heavy atom. The van der Waals surface area contributed by atoms with Crippen LogP contribution in [-0.2, 0) is 21.4 Å². The van der Waals surface area contributed by atoms with Gasteiger partial charge in [-0.15, -0.1) is 5.01 Å². The van der Waals surface area contributed by atoms with Gasteiger partial charge in [-0.1, -0.05) is 12.1 Å². The number of nitriles is 1. The molecule has 2 amide bonds. The zero-order chi connectivity index (χ0) is 23.6. The number of ether oxygens (including phenoxy) is 1. The average Bonchev–Trinajstić information content (AvgIpc) is 3.20. The number of cyclic esters (lactones) is 1. The summed E-state index contributed by atoms with van der Waals surface area (Å²) in [7, 11) is 0. The zero-order valence-corrected chi connectivity index (χ0v) is 18.6. The average molecular weight is 454 g/mol. The Labute approximate surface area is 196 Å². The second-order valence-electron chi connectivity index (χ2n) is 9.44. The Balaban J connectivity index is 1.22. The SMILES string of the molecule is [C-]#[N+]N1C[C@@H]2[C@H](C1)C2(C#N)c1ccc(-c2ccc3c(c2)C[C@H]2[C@H](CNC(C)=O)OC(=O)N32)cn1. The van der Waals surface area contributed by atoms with Crippen LogP contribution >= 0.6 is 0 Å². The number of hydrogen-bond donors (Lipinski definition) is 1. The van der Waals surface area contributed by atoms with Crippen molar-refractivity contribution in [2.24, 2.45) is 11.8 Å². The number of rotatable bonds is 4. The minimum atomic E-state index is -0.578. The van der Waals surface area contributed by atoms with Crippen LogP contribution in [0, 0.1) is 29.7 Å². The number of anilines is 1. The fourth-order valence-corrected chi connectivity index (χ4v) is 5.98. The largest absolute Gasteiger partial charge is 0.442 e. The molecular weight excluding hydrogens is 432 g/mol. The third-order valence-corrected chi connectivity index (χ3v) is 7.74. The summed E-state index contributed by atoms with van der Waals surface area (Å²) in [5, 5.41) is 14.3. The van der Waals surface area contributed by atoms with E-state index >= 15 is 0 Å². The molecule has 2 saturated heterocycles. The van der Waals surface area contributed by atoms with Crippen LogP contribution < -0.4 is 10.2 Å². The van der Waals surface area contributed by atoms with E-state index < -0.39 is 5.41 Å². The van der Waals surface area contributed by atoms with Gasteiger partial charge in [-0.25, -0.2) is 4.79 Å². The number of carbonyl (C=O) groups is 2. The monoisotopic (exact) mass is 454 g/mol. The van der Waals surface area contributed by atoms with Gasteiger partial charge in [-0.3, -0.25) is 14.7 Å². The Morgan fingerprint density at radius 2 is 2.09 bits per heavy atom. The van der Waals surface area contributed by atoms with Gasteiger partial charge in [-0.2, -0.15) is 16.8 Å². The summed E-state index contributed by atoms with van der Waals surface area (Å²) in [4.78, 5) is 33.6. The first-order chi connectivity index (χ1) is 16.5. The molecule has 4 aliphatic rings. The van der Waals surface area contributed by atoms with E-state index in [1.165, 1.54) is 6.92 Å². The van der Waals surface area contributed by atoms with Crippen LogP contribution in [0.2, 0.25) is 0 Å². The highest BCUT2D eigenvalue weighted by atomic mass is 16.6. The molecule has 2 aromatic rings. The number of aromatic nitrogens is 1. The highest BCUT2D eigenvalue weighted by molar-refractivity contribution is 5.94. The van der Waals surface area contributed by atoms with Gasteiger partial charge >= 0.3 is 6.09 Å². The number of piperidine rings is 1. The smallest absolute Gasteiger partial charge is 0.415 e. The molecule has 5 atom stereocenters. The maximum Gasteiger partial charge on any atom is 0.415 e. The Morgan fingerprint density at radius 1 is 1.32 bits per heavy atom. The molecule has 0 bridgehead atoms. The molecule has 1 saturated carbocycles. The van der Waals surface area contributed by atoms with Crippen molar-refractivity contribution in [1.82, 2.24) is 15.3 Å². The van der Waals surface area contributed by atoms with Gasteiger partial charge in [0.1, 0.15) is 11.5 Å². The van der Waals surface area contributed by atoms with Gasteiger partial charge in [0.15, 0.2) is 0 Å². The first kappa shape index (κ1) is 20.5. The minimum absolute atomic E-state index is 0.134. The second-order valence-corrected chi connectivity index (χ2v) is 9.44. The number of pyridine rings is 1. The number of amides is 2. The van der Waals surface area contributed by atoms with E-state index in [1.54, 1.807) is 16.1 Å². The predicted molar refractivity (Wildman–Crippen MR) is 121 cm³/mol. The van der Waals surface area contributed by atoms with Gasteiger partial charge in [0.25, 0.3) is 0 Å². The molecule has 9 nitrogen and oxygen atoms in total. The lowest BCUT2D eigenvalue weighted by molar-refractivity contribution is -0.119. The minimum Gasteiger partial charge on any atom is -0.442 e. The summed E-state index contributed by atoms with van der Waals surface area (Å²) >= 11 is 0. The van der Waals surface area contributed by atoms with Crippen LogP contribution in [0.5, 0.6) is 0 Å². The van der Waals surface area contributed by atoms with E-state index in [2.05, 4.69) is 27.4 Å². The summed E-state index contributed by atoms with van der Waals surface area (Å²) in [5.74, 6) is 0.187. The molecule has 0 radical (unpaired) electrons. The number of nitrogens with zero attached hydrogens (tertiary/aromatic N) is 5. The first-order valence-electron chi connectivity index (χ1n) is 11.3. The van der Waals surface area contributed by atoms with E-state index in [4.69, 9.17) is 11.3 Å². The van der Waals surface area contributed by atoms with Crippen molar-refractivity contribution >= 4 is 17.7 Å². The third kappa shape index (κ3) is 2.80. The Bertz CT molecular complexity index is 1280. The molecular formula is C25H22N6O3. The highest BCUT2D eigenvalue weighted by Gasteiger charge is 2.72. The summed E-state index contributed by atoms with van der Waals surface area (Å²) in [5.41, 5.74) is 4.03. The van der Waals surface area contributed by atoms with Crippen molar-refractivity contribution in [1.29, 1.82) is 5.26 Å². The molecule has 34 heavy (non-hydrogen) atoms. The Hall–Kier alpha value is -4.11. The number of hydrogen-bond acceptors (Lipinski definition) is 6. The molecule has 1 N–H and O–H groups in total. The molecule has 1 aromatic heterocycles. The first-order valence-corrected chi connectivity index (χ1v) is 11.3. The van der Waals surface area contributed by atoms with Gasteiger partial charge in [0.05, 0.1) is 43.1 Å². The lowest BCUT2D eigenvalue weighted by Crippen LogP contribution is -2.40. The summed E-state index contributed by atoms with van der Waals surface area (Å²) in [6.07, 6.45) is 1.70. The number of benzene rings is 1. The van der Waals surface area contributed by atoms with E-state index in [-0.39, 0.29) is 36.0 Å². The normalized spacial score (nSPS) is 30.0. The Kier molecular flexibility index (Phi) is 4.34. The fraction of sp³-hybridized carbons (Fsp3) is 0.400. The van der Waals surface area contributed by atoms with E-state index in [9.17, 15) is 14.9 Å². The molecule has 3 aliphatic heterocycles. The molecule has 3 fully saturated rings. The second kappa shape index (κ2) is 7.19. The van der Waals surface area contributed by atoms with Crippen LogP contribution in [0.3, 0.4) is 0 Å². The van der Waals surface area contributed by atoms with Crippen molar-refractivity contribution in [3.8, 4) is 17.2 Å². The van der Waals surface area contributed by atoms with Crippen LogP contribution in [0.4, 0.5) is 10.5 Å². The molecule has 0 spiro atoms. The summed E-state index contributed by atoms with van der Waals surface area (Å²) < 4.78 is 5.47. The molecule has 4 heterocycles.